The molecule has 0 N–H and O–H groups in total. The molecule has 2 heterocycles. The minimum Gasteiger partial charge on any atom is -0.453 e. The van der Waals surface area contributed by atoms with Gasteiger partial charge in [0.05, 0.1) is 13.2 Å². The van der Waals surface area contributed by atoms with Crippen molar-refractivity contribution in [1.82, 2.24) is 0 Å². The van der Waals surface area contributed by atoms with E-state index in [4.69, 9.17) is 37.9 Å². The van der Waals surface area contributed by atoms with Crippen LogP contribution in [-0.2, 0) is 47.5 Å². The molecule has 0 radical (unpaired) electrons. The molecule has 2 aliphatic rings. The molecule has 6 aromatic carbocycles. The summed E-state index contributed by atoms with van der Waals surface area (Å²) >= 11 is 0. The van der Waals surface area contributed by atoms with Crippen LogP contribution < -0.4 is 0 Å². The standard InChI is InChI=1S/C46H46O10/c1-45(2)51-25-35(55-45)39(53-43(47)41(49-5)37-31-19-11-7-15-27(31)23-28-16-8-12-20-32(28)37)40(36-26-52-46(3,4)56-36)54-44(48)42(50-6)38-33-21-13-9-17-29(33)24-30-18-10-14-22-34(30)38/h7-24,35-36,39-42H,25-26H2,1-6H3/t35-,36-,39+,40+,41+,42+/m1/s1. The van der Waals surface area contributed by atoms with Gasteiger partial charge in [-0.3, -0.25) is 0 Å². The van der Waals surface area contributed by atoms with Crippen molar-refractivity contribution in [2.45, 2.75) is 75.9 Å². The van der Waals surface area contributed by atoms with E-state index in [0.717, 1.165) is 43.1 Å². The zero-order chi connectivity index (χ0) is 39.2. The number of esters is 2. The molecule has 0 amide bonds. The Bertz CT molecular complexity index is 2140. The van der Waals surface area contributed by atoms with Crippen LogP contribution in [0.1, 0.15) is 51.0 Å². The van der Waals surface area contributed by atoms with Crippen LogP contribution in [-0.4, -0.2) is 75.4 Å². The summed E-state index contributed by atoms with van der Waals surface area (Å²) in [4.78, 5) is 29.5. The largest absolute Gasteiger partial charge is 0.453 e. The maximum absolute atomic E-state index is 14.7. The molecule has 0 bridgehead atoms. The van der Waals surface area contributed by atoms with Gasteiger partial charge >= 0.3 is 11.9 Å². The molecule has 6 atom stereocenters. The molecular weight excluding hydrogens is 712 g/mol. The van der Waals surface area contributed by atoms with E-state index in [1.54, 1.807) is 27.7 Å². The Kier molecular flexibility index (Phi) is 10.3. The molecule has 0 spiro atoms. The van der Waals surface area contributed by atoms with Crippen LogP contribution in [0, 0.1) is 0 Å². The number of carbonyl (C=O) groups excluding carboxylic acids is 2. The van der Waals surface area contributed by atoms with Crippen molar-refractivity contribution in [3.05, 3.63) is 120 Å². The normalized spacial score (nSPS) is 21.2. The van der Waals surface area contributed by atoms with Crippen LogP contribution >= 0.6 is 0 Å². The number of benzene rings is 6. The number of ether oxygens (including phenoxy) is 8. The first-order valence-corrected chi connectivity index (χ1v) is 18.9. The fourth-order valence-corrected chi connectivity index (χ4v) is 8.18. The lowest BCUT2D eigenvalue weighted by Gasteiger charge is -2.35. The molecule has 290 valence electrons. The third-order valence-corrected chi connectivity index (χ3v) is 10.7. The van der Waals surface area contributed by atoms with E-state index < -0.39 is 60.1 Å². The molecule has 10 nitrogen and oxygen atoms in total. The summed E-state index contributed by atoms with van der Waals surface area (Å²) in [7, 11) is 2.95. The third kappa shape index (κ3) is 7.25. The van der Waals surface area contributed by atoms with Crippen LogP contribution in [0.15, 0.2) is 109 Å². The summed E-state index contributed by atoms with van der Waals surface area (Å²) in [5, 5.41) is 7.15. The molecular formula is C46H46O10. The monoisotopic (exact) mass is 758 g/mol. The fraction of sp³-hybridized carbons (Fsp3) is 0.348. The van der Waals surface area contributed by atoms with Crippen LogP contribution in [0.25, 0.3) is 43.1 Å². The first-order chi connectivity index (χ1) is 27.0. The third-order valence-electron chi connectivity index (χ3n) is 10.7. The van der Waals surface area contributed by atoms with E-state index in [9.17, 15) is 9.59 Å². The van der Waals surface area contributed by atoms with E-state index in [-0.39, 0.29) is 13.2 Å². The maximum Gasteiger partial charge on any atom is 0.340 e. The van der Waals surface area contributed by atoms with Gasteiger partial charge in [0.2, 0.25) is 0 Å². The zero-order valence-electron chi connectivity index (χ0n) is 32.4. The highest BCUT2D eigenvalue weighted by molar-refractivity contribution is 6.06. The van der Waals surface area contributed by atoms with Gasteiger partial charge in [-0.15, -0.1) is 0 Å². The van der Waals surface area contributed by atoms with Gasteiger partial charge in [-0.05, 0) is 82.9 Å². The SMILES string of the molecule is CO[C@H](C(=O)O[C@H]([C@@H](OC(=O)[C@@H](OC)c1c2ccccc2cc2ccccc12)[C@H]1COC(C)(C)O1)[C@H]1COC(C)(C)O1)c1c2ccccc2cc2ccccc12. The molecule has 2 aliphatic heterocycles. The van der Waals surface area contributed by atoms with Crippen molar-refractivity contribution in [1.29, 1.82) is 0 Å². The molecule has 0 unspecified atom stereocenters. The minimum absolute atomic E-state index is 0.0481. The lowest BCUT2D eigenvalue weighted by molar-refractivity contribution is -0.216. The Morgan fingerprint density at radius 1 is 0.536 bits per heavy atom. The van der Waals surface area contributed by atoms with Crippen molar-refractivity contribution in [2.24, 2.45) is 0 Å². The van der Waals surface area contributed by atoms with Gasteiger partial charge in [-0.1, -0.05) is 97.1 Å². The van der Waals surface area contributed by atoms with Crippen LogP contribution in [0.3, 0.4) is 0 Å². The summed E-state index contributed by atoms with van der Waals surface area (Å²) in [6.45, 7) is 7.20. The van der Waals surface area contributed by atoms with Crippen molar-refractivity contribution < 1.29 is 47.5 Å². The molecule has 56 heavy (non-hydrogen) atoms. The highest BCUT2D eigenvalue weighted by Crippen LogP contribution is 2.40. The van der Waals surface area contributed by atoms with E-state index in [1.165, 1.54) is 14.2 Å². The average Bonchev–Trinajstić information content (AvgIpc) is 3.75. The molecule has 2 saturated heterocycles. The van der Waals surface area contributed by atoms with Gasteiger partial charge in [0.25, 0.3) is 0 Å². The van der Waals surface area contributed by atoms with Gasteiger partial charge in [0.15, 0.2) is 36.0 Å². The Balaban J connectivity index is 1.21. The first-order valence-electron chi connectivity index (χ1n) is 18.9. The smallest absolute Gasteiger partial charge is 0.340 e. The van der Waals surface area contributed by atoms with Crippen molar-refractivity contribution in [2.75, 3.05) is 27.4 Å². The number of carbonyl (C=O) groups is 2. The summed E-state index contributed by atoms with van der Waals surface area (Å²) < 4.78 is 49.8. The maximum atomic E-state index is 14.7. The second-order valence-corrected chi connectivity index (χ2v) is 15.2. The summed E-state index contributed by atoms with van der Waals surface area (Å²) in [6.07, 6.45) is -6.49. The lowest BCUT2D eigenvalue weighted by Crippen LogP contribution is -2.52. The van der Waals surface area contributed by atoms with Crippen molar-refractivity contribution in [3.8, 4) is 0 Å². The zero-order valence-corrected chi connectivity index (χ0v) is 32.4. The molecule has 8 rings (SSSR count). The average molecular weight is 759 g/mol. The van der Waals surface area contributed by atoms with Gasteiger partial charge in [0, 0.05) is 25.3 Å². The highest BCUT2D eigenvalue weighted by Gasteiger charge is 2.51. The molecule has 6 aromatic rings. The van der Waals surface area contributed by atoms with E-state index in [1.807, 2.05) is 97.1 Å². The second kappa shape index (κ2) is 15.2. The van der Waals surface area contributed by atoms with E-state index >= 15 is 0 Å². The Labute approximate surface area is 325 Å². The van der Waals surface area contributed by atoms with Gasteiger partial charge in [0.1, 0.15) is 12.2 Å². The summed E-state index contributed by atoms with van der Waals surface area (Å²) in [5.74, 6) is -3.43. The lowest BCUT2D eigenvalue weighted by atomic mass is 9.93. The van der Waals surface area contributed by atoms with Crippen LogP contribution in [0.5, 0.6) is 0 Å². The predicted molar refractivity (Wildman–Crippen MR) is 212 cm³/mol. The number of rotatable bonds is 11. The number of hydrogen-bond acceptors (Lipinski definition) is 10. The molecule has 2 fully saturated rings. The van der Waals surface area contributed by atoms with Crippen LogP contribution in [0.2, 0.25) is 0 Å². The van der Waals surface area contributed by atoms with Gasteiger partial charge in [-0.25, -0.2) is 9.59 Å². The highest BCUT2D eigenvalue weighted by atomic mass is 16.8. The second-order valence-electron chi connectivity index (χ2n) is 15.2. The quantitative estimate of drug-likeness (QED) is 0.0943. The topological polar surface area (TPSA) is 108 Å². The summed E-state index contributed by atoms with van der Waals surface area (Å²) in [5.41, 5.74) is 1.32. The van der Waals surface area contributed by atoms with Crippen molar-refractivity contribution in [3.63, 3.8) is 0 Å². The molecule has 0 aromatic heterocycles. The Morgan fingerprint density at radius 3 is 1.11 bits per heavy atom. The fourth-order valence-electron chi connectivity index (χ4n) is 8.18. The van der Waals surface area contributed by atoms with E-state index in [2.05, 4.69) is 12.1 Å². The number of hydrogen-bond donors (Lipinski definition) is 0. The van der Waals surface area contributed by atoms with Gasteiger partial charge < -0.3 is 37.9 Å². The van der Waals surface area contributed by atoms with Crippen molar-refractivity contribution >= 4 is 55.0 Å². The summed E-state index contributed by atoms with van der Waals surface area (Å²) in [6, 6.07) is 35.5. The first kappa shape index (κ1) is 38.0. The Morgan fingerprint density at radius 2 is 0.839 bits per heavy atom. The Hall–Kier alpha value is -4.94. The van der Waals surface area contributed by atoms with Crippen LogP contribution in [0.4, 0.5) is 0 Å². The number of fused-ring (bicyclic) bond motifs is 4. The minimum atomic E-state index is -1.23. The molecule has 0 aliphatic carbocycles. The molecule has 0 saturated carbocycles. The number of methoxy groups -OCH3 is 2. The van der Waals surface area contributed by atoms with E-state index in [0.29, 0.717) is 11.1 Å². The molecule has 10 heteroatoms. The van der Waals surface area contributed by atoms with Gasteiger partial charge in [-0.2, -0.15) is 0 Å². The predicted octanol–water partition coefficient (Wildman–Crippen LogP) is 8.50.